The highest BCUT2D eigenvalue weighted by Crippen LogP contribution is 2.21. The van der Waals surface area contributed by atoms with Crippen LogP contribution in [-0.2, 0) is 38.1 Å². The molecule has 0 heterocycles. The van der Waals surface area contributed by atoms with Crippen molar-refractivity contribution in [3.05, 3.63) is 0 Å². The van der Waals surface area contributed by atoms with E-state index in [0.29, 0.717) is 0 Å². The number of carbonyl (C=O) groups excluding carboxylic acids is 4. The molecular weight excluding hydrogens is 320 g/mol. The average molecular weight is 346 g/mol. The molecule has 0 bridgehead atoms. The van der Waals surface area contributed by atoms with Crippen molar-refractivity contribution in [3.63, 3.8) is 0 Å². The monoisotopic (exact) mass is 346 g/mol. The molecule has 8 nitrogen and oxygen atoms in total. The van der Waals surface area contributed by atoms with Crippen molar-refractivity contribution in [2.75, 3.05) is 26.4 Å². The summed E-state index contributed by atoms with van der Waals surface area (Å²) in [6, 6.07) is 0. The lowest BCUT2D eigenvalue weighted by atomic mass is 9.92. The Morgan fingerprint density at radius 1 is 0.667 bits per heavy atom. The third kappa shape index (κ3) is 7.94. The number of hydrogen-bond donors (Lipinski definition) is 0. The topological polar surface area (TPSA) is 105 Å². The summed E-state index contributed by atoms with van der Waals surface area (Å²) < 4.78 is 19.4. The van der Waals surface area contributed by atoms with E-state index in [4.69, 9.17) is 18.9 Å². The molecule has 0 spiro atoms. The van der Waals surface area contributed by atoms with Gasteiger partial charge in [0.2, 0.25) is 0 Å². The smallest absolute Gasteiger partial charge is 0.320 e. The Morgan fingerprint density at radius 3 is 1.50 bits per heavy atom. The molecule has 1 unspecified atom stereocenters. The molecule has 0 saturated carbocycles. The number of hydrogen-bond acceptors (Lipinski definition) is 8. The van der Waals surface area contributed by atoms with Crippen LogP contribution in [0.25, 0.3) is 0 Å². The van der Waals surface area contributed by atoms with Gasteiger partial charge in [0.1, 0.15) is 0 Å². The standard InChI is InChI=1S/C16H26O8/c1-5-21-13(17)10-11(14(18)22-6-2)9-12(15(19)23-7-3)16(20)24-8-4/h11-12H,5-10H2,1-4H3. The Labute approximate surface area is 141 Å². The van der Waals surface area contributed by atoms with Crippen molar-refractivity contribution >= 4 is 23.9 Å². The fourth-order valence-corrected chi connectivity index (χ4v) is 2.00. The minimum Gasteiger partial charge on any atom is -0.466 e. The van der Waals surface area contributed by atoms with Crippen molar-refractivity contribution in [2.24, 2.45) is 11.8 Å². The van der Waals surface area contributed by atoms with Crippen LogP contribution in [0.4, 0.5) is 0 Å². The number of carbonyl (C=O) groups is 4. The molecule has 0 aliphatic carbocycles. The van der Waals surface area contributed by atoms with Gasteiger partial charge in [0, 0.05) is 0 Å². The molecule has 0 amide bonds. The predicted octanol–water partition coefficient (Wildman–Crippen LogP) is 1.25. The van der Waals surface area contributed by atoms with Gasteiger partial charge >= 0.3 is 23.9 Å². The van der Waals surface area contributed by atoms with E-state index in [0.717, 1.165) is 0 Å². The summed E-state index contributed by atoms with van der Waals surface area (Å²) in [6.45, 7) is 6.89. The van der Waals surface area contributed by atoms with Crippen molar-refractivity contribution in [2.45, 2.75) is 40.5 Å². The van der Waals surface area contributed by atoms with Gasteiger partial charge < -0.3 is 18.9 Å². The van der Waals surface area contributed by atoms with Gasteiger partial charge in [-0.1, -0.05) is 0 Å². The van der Waals surface area contributed by atoms with Crippen molar-refractivity contribution < 1.29 is 38.1 Å². The Kier molecular flexibility index (Phi) is 11.2. The maximum atomic E-state index is 12.0. The fourth-order valence-electron chi connectivity index (χ4n) is 2.00. The highest BCUT2D eigenvalue weighted by Gasteiger charge is 2.36. The normalized spacial score (nSPS) is 11.5. The second-order valence-corrected chi connectivity index (χ2v) is 4.75. The van der Waals surface area contributed by atoms with Gasteiger partial charge in [-0.05, 0) is 34.1 Å². The van der Waals surface area contributed by atoms with Crippen LogP contribution in [0.2, 0.25) is 0 Å². The molecule has 0 aromatic heterocycles. The second kappa shape index (κ2) is 12.3. The summed E-state index contributed by atoms with van der Waals surface area (Å²) in [5.41, 5.74) is 0. The van der Waals surface area contributed by atoms with Crippen LogP contribution < -0.4 is 0 Å². The van der Waals surface area contributed by atoms with E-state index in [-0.39, 0.29) is 39.3 Å². The van der Waals surface area contributed by atoms with Crippen molar-refractivity contribution in [1.29, 1.82) is 0 Å². The molecule has 0 aromatic rings. The lowest BCUT2D eigenvalue weighted by Gasteiger charge is -2.19. The Balaban J connectivity index is 5.23. The minimum atomic E-state index is -1.30. The molecule has 0 N–H and O–H groups in total. The van der Waals surface area contributed by atoms with E-state index in [1.807, 2.05) is 0 Å². The molecule has 0 radical (unpaired) electrons. The molecule has 8 heteroatoms. The quantitative estimate of drug-likeness (QED) is 0.313. The van der Waals surface area contributed by atoms with E-state index in [1.54, 1.807) is 27.7 Å². The fraction of sp³-hybridized carbons (Fsp3) is 0.750. The first kappa shape index (κ1) is 21.9. The molecule has 24 heavy (non-hydrogen) atoms. The molecule has 138 valence electrons. The van der Waals surface area contributed by atoms with Crippen LogP contribution in [0.3, 0.4) is 0 Å². The molecule has 0 fully saturated rings. The zero-order chi connectivity index (χ0) is 18.5. The minimum absolute atomic E-state index is 0.0800. The van der Waals surface area contributed by atoms with E-state index < -0.39 is 35.7 Å². The van der Waals surface area contributed by atoms with Crippen LogP contribution in [0.5, 0.6) is 0 Å². The first-order valence-electron chi connectivity index (χ1n) is 8.06. The van der Waals surface area contributed by atoms with Gasteiger partial charge in [-0.25, -0.2) is 0 Å². The van der Waals surface area contributed by atoms with Crippen molar-refractivity contribution in [3.8, 4) is 0 Å². The molecular formula is C16H26O8. The van der Waals surface area contributed by atoms with Gasteiger partial charge in [-0.3, -0.25) is 19.2 Å². The summed E-state index contributed by atoms with van der Waals surface area (Å²) in [5, 5.41) is 0. The molecule has 0 aromatic carbocycles. The lowest BCUT2D eigenvalue weighted by molar-refractivity contribution is -0.165. The van der Waals surface area contributed by atoms with Gasteiger partial charge in [0.05, 0.1) is 38.8 Å². The first-order chi connectivity index (χ1) is 11.4. The Hall–Kier alpha value is -2.12. The van der Waals surface area contributed by atoms with E-state index in [9.17, 15) is 19.2 Å². The van der Waals surface area contributed by atoms with Gasteiger partial charge in [0.15, 0.2) is 5.92 Å². The van der Waals surface area contributed by atoms with E-state index in [2.05, 4.69) is 0 Å². The summed E-state index contributed by atoms with van der Waals surface area (Å²) >= 11 is 0. The summed E-state index contributed by atoms with van der Waals surface area (Å²) in [4.78, 5) is 47.7. The average Bonchev–Trinajstić information content (AvgIpc) is 2.52. The third-order valence-corrected chi connectivity index (χ3v) is 3.00. The Bertz CT molecular complexity index is 414. The van der Waals surface area contributed by atoms with Gasteiger partial charge in [-0.2, -0.15) is 0 Å². The highest BCUT2D eigenvalue weighted by molar-refractivity contribution is 5.95. The number of ether oxygens (including phenoxy) is 4. The SMILES string of the molecule is CCOC(=O)CC(CC(C(=O)OCC)C(=O)OCC)C(=O)OCC. The van der Waals surface area contributed by atoms with Crippen LogP contribution in [0, 0.1) is 11.8 Å². The predicted molar refractivity (Wildman–Crippen MR) is 82.7 cm³/mol. The van der Waals surface area contributed by atoms with Crippen molar-refractivity contribution in [1.82, 2.24) is 0 Å². The van der Waals surface area contributed by atoms with Crippen LogP contribution >= 0.6 is 0 Å². The van der Waals surface area contributed by atoms with Gasteiger partial charge in [0.25, 0.3) is 0 Å². The Morgan fingerprint density at radius 2 is 1.08 bits per heavy atom. The summed E-state index contributed by atoms with van der Waals surface area (Å²) in [7, 11) is 0. The third-order valence-electron chi connectivity index (χ3n) is 3.00. The zero-order valence-corrected chi connectivity index (χ0v) is 14.7. The largest absolute Gasteiger partial charge is 0.466 e. The molecule has 0 aliphatic heterocycles. The second-order valence-electron chi connectivity index (χ2n) is 4.75. The zero-order valence-electron chi connectivity index (χ0n) is 14.7. The van der Waals surface area contributed by atoms with Crippen LogP contribution in [0.15, 0.2) is 0 Å². The summed E-state index contributed by atoms with van der Waals surface area (Å²) in [6.07, 6.45) is -0.530. The highest BCUT2D eigenvalue weighted by atomic mass is 16.6. The molecule has 1 atom stereocenters. The first-order valence-corrected chi connectivity index (χ1v) is 8.06. The number of rotatable bonds is 11. The molecule has 0 saturated heterocycles. The number of esters is 4. The maximum absolute atomic E-state index is 12.0. The molecule has 0 aliphatic rings. The van der Waals surface area contributed by atoms with E-state index in [1.165, 1.54) is 0 Å². The lowest BCUT2D eigenvalue weighted by Crippen LogP contribution is -2.33. The van der Waals surface area contributed by atoms with Crippen LogP contribution in [-0.4, -0.2) is 50.3 Å². The van der Waals surface area contributed by atoms with Crippen LogP contribution in [0.1, 0.15) is 40.5 Å². The van der Waals surface area contributed by atoms with E-state index >= 15 is 0 Å². The maximum Gasteiger partial charge on any atom is 0.320 e. The van der Waals surface area contributed by atoms with Gasteiger partial charge in [-0.15, -0.1) is 0 Å². The molecule has 0 rings (SSSR count). The summed E-state index contributed by atoms with van der Waals surface area (Å²) in [5.74, 6) is -5.18.